The molecule has 0 aliphatic carbocycles. The first-order valence-corrected chi connectivity index (χ1v) is 12.0. The van der Waals surface area contributed by atoms with Crippen LogP contribution in [-0.2, 0) is 21.2 Å². The first kappa shape index (κ1) is 23.9. The van der Waals surface area contributed by atoms with E-state index in [2.05, 4.69) is 10.3 Å². The van der Waals surface area contributed by atoms with Crippen molar-refractivity contribution in [3.63, 3.8) is 0 Å². The molecule has 9 heteroatoms. The number of sulfonamides is 1. The fourth-order valence-electron chi connectivity index (χ4n) is 3.41. The lowest BCUT2D eigenvalue weighted by molar-refractivity contribution is -0.130. The van der Waals surface area contributed by atoms with Gasteiger partial charge in [-0.3, -0.25) is 9.79 Å². The predicted molar refractivity (Wildman–Crippen MR) is 123 cm³/mol. The van der Waals surface area contributed by atoms with Gasteiger partial charge in [-0.2, -0.15) is 0 Å². The second-order valence-corrected chi connectivity index (χ2v) is 9.85. The number of nitrogens with zero attached hydrogens (tertiary/aromatic N) is 3. The van der Waals surface area contributed by atoms with E-state index in [4.69, 9.17) is 0 Å². The zero-order valence-electron chi connectivity index (χ0n) is 18.4. The molecule has 0 atom stereocenters. The second-order valence-electron chi connectivity index (χ2n) is 7.81. The van der Waals surface area contributed by atoms with Crippen molar-refractivity contribution in [2.75, 3.05) is 40.3 Å². The maximum atomic E-state index is 13.4. The molecule has 1 heterocycles. The number of aliphatic imine (C=N–C) groups is 1. The minimum atomic E-state index is -3.78. The summed E-state index contributed by atoms with van der Waals surface area (Å²) >= 11 is 0. The monoisotopic (exact) mass is 460 g/mol. The number of likely N-dealkylation sites (N-methyl/N-ethyl adjacent to an activating group) is 1. The fourth-order valence-corrected chi connectivity index (χ4v) is 4.65. The van der Waals surface area contributed by atoms with Gasteiger partial charge in [-0.15, -0.1) is 0 Å². The van der Waals surface area contributed by atoms with Crippen LogP contribution in [0.1, 0.15) is 24.0 Å². The molecule has 0 fully saturated rings. The molecule has 1 aliphatic heterocycles. The summed E-state index contributed by atoms with van der Waals surface area (Å²) in [6, 6.07) is 13.1. The Morgan fingerprint density at radius 1 is 1.12 bits per heavy atom. The van der Waals surface area contributed by atoms with Gasteiger partial charge in [0.1, 0.15) is 11.7 Å². The van der Waals surface area contributed by atoms with Crippen LogP contribution in [-0.4, -0.2) is 69.6 Å². The average molecular weight is 461 g/mol. The van der Waals surface area contributed by atoms with E-state index in [9.17, 15) is 17.6 Å². The van der Waals surface area contributed by atoms with Crippen LogP contribution in [0.4, 0.5) is 4.39 Å². The first-order chi connectivity index (χ1) is 15.3. The van der Waals surface area contributed by atoms with Crippen LogP contribution in [0.25, 0.3) is 0 Å². The molecular weight excluding hydrogens is 431 g/mol. The highest BCUT2D eigenvalue weighted by Gasteiger charge is 2.21. The van der Waals surface area contributed by atoms with Gasteiger partial charge in [0.2, 0.25) is 15.9 Å². The Labute approximate surface area is 189 Å². The van der Waals surface area contributed by atoms with E-state index in [1.165, 1.54) is 25.2 Å². The molecule has 7 nitrogen and oxygen atoms in total. The van der Waals surface area contributed by atoms with E-state index in [1.807, 2.05) is 24.3 Å². The van der Waals surface area contributed by atoms with Crippen LogP contribution >= 0.6 is 0 Å². The molecule has 0 aromatic heterocycles. The highest BCUT2D eigenvalue weighted by atomic mass is 32.2. The van der Waals surface area contributed by atoms with Crippen LogP contribution in [0.3, 0.4) is 0 Å². The third-order valence-corrected chi connectivity index (χ3v) is 7.28. The van der Waals surface area contributed by atoms with E-state index < -0.39 is 15.8 Å². The standard InChI is InChI=1S/C23H29FN4O3S/c1-27(16-12-18-8-10-19(11-9-18)23-25-13-14-26-23)22(29)7-4-15-28(2)32(30,31)21-6-3-5-20(24)17-21/h3,5-6,8-11,17H,4,7,12-16H2,1-2H3,(H,25,26). The lowest BCUT2D eigenvalue weighted by Gasteiger charge is -2.19. The molecule has 0 saturated carbocycles. The lowest BCUT2D eigenvalue weighted by Crippen LogP contribution is -2.31. The normalized spacial score (nSPS) is 13.7. The number of benzene rings is 2. The molecule has 172 valence electrons. The maximum absolute atomic E-state index is 13.4. The molecule has 2 aromatic rings. The van der Waals surface area contributed by atoms with E-state index >= 15 is 0 Å². The van der Waals surface area contributed by atoms with Crippen molar-refractivity contribution in [1.29, 1.82) is 0 Å². The van der Waals surface area contributed by atoms with Crippen LogP contribution in [0.15, 0.2) is 58.4 Å². The van der Waals surface area contributed by atoms with Gasteiger partial charge < -0.3 is 10.2 Å². The molecule has 1 aliphatic rings. The lowest BCUT2D eigenvalue weighted by atomic mass is 10.1. The topological polar surface area (TPSA) is 82.1 Å². The van der Waals surface area contributed by atoms with Crippen molar-refractivity contribution in [2.45, 2.75) is 24.2 Å². The third kappa shape index (κ3) is 6.14. The SMILES string of the molecule is CN(CCc1ccc(C2=NCCN2)cc1)C(=O)CCCN(C)S(=O)(=O)c1cccc(F)c1. The van der Waals surface area contributed by atoms with Gasteiger partial charge in [-0.25, -0.2) is 17.1 Å². The molecule has 3 rings (SSSR count). The maximum Gasteiger partial charge on any atom is 0.242 e. The van der Waals surface area contributed by atoms with Gasteiger partial charge in [0.15, 0.2) is 0 Å². The summed E-state index contributed by atoms with van der Waals surface area (Å²) in [5.74, 6) is 0.283. The quantitative estimate of drug-likeness (QED) is 0.590. The number of rotatable bonds is 10. The number of amides is 1. The summed E-state index contributed by atoms with van der Waals surface area (Å²) in [5.41, 5.74) is 2.20. The molecule has 1 amide bonds. The van der Waals surface area contributed by atoms with Gasteiger partial charge in [-0.1, -0.05) is 30.3 Å². The fraction of sp³-hybridized carbons (Fsp3) is 0.391. The van der Waals surface area contributed by atoms with E-state index in [0.29, 0.717) is 13.0 Å². The minimum Gasteiger partial charge on any atom is -0.368 e. The Hall–Kier alpha value is -2.78. The van der Waals surface area contributed by atoms with Gasteiger partial charge in [-0.05, 0) is 36.6 Å². The number of hydrogen-bond acceptors (Lipinski definition) is 5. The molecular formula is C23H29FN4O3S. The van der Waals surface area contributed by atoms with Gasteiger partial charge in [0.05, 0.1) is 11.4 Å². The smallest absolute Gasteiger partial charge is 0.242 e. The zero-order chi connectivity index (χ0) is 23.1. The van der Waals surface area contributed by atoms with E-state index in [0.717, 1.165) is 46.8 Å². The Morgan fingerprint density at radius 3 is 2.53 bits per heavy atom. The van der Waals surface area contributed by atoms with Crippen molar-refractivity contribution in [3.8, 4) is 0 Å². The third-order valence-electron chi connectivity index (χ3n) is 5.43. The van der Waals surface area contributed by atoms with Crippen molar-refractivity contribution in [3.05, 3.63) is 65.5 Å². The Kier molecular flexibility index (Phi) is 7.98. The number of halogens is 1. The average Bonchev–Trinajstić information content (AvgIpc) is 3.32. The Morgan fingerprint density at radius 2 is 1.88 bits per heavy atom. The molecule has 0 saturated heterocycles. The van der Waals surface area contributed by atoms with E-state index in [-0.39, 0.29) is 23.8 Å². The Bertz CT molecular complexity index is 1070. The van der Waals surface area contributed by atoms with Crippen molar-refractivity contribution in [2.24, 2.45) is 4.99 Å². The Balaban J connectivity index is 1.42. The molecule has 0 bridgehead atoms. The number of nitrogens with one attached hydrogen (secondary N) is 1. The van der Waals surface area contributed by atoms with Gasteiger partial charge in [0, 0.05) is 45.7 Å². The van der Waals surface area contributed by atoms with Crippen molar-refractivity contribution in [1.82, 2.24) is 14.5 Å². The highest BCUT2D eigenvalue weighted by Crippen LogP contribution is 2.16. The van der Waals surface area contributed by atoms with Crippen LogP contribution < -0.4 is 5.32 Å². The minimum absolute atomic E-state index is 0.0392. The number of carbonyl (C=O) groups is 1. The van der Waals surface area contributed by atoms with Crippen LogP contribution in [0, 0.1) is 5.82 Å². The second kappa shape index (κ2) is 10.7. The van der Waals surface area contributed by atoms with Crippen LogP contribution in [0.5, 0.6) is 0 Å². The van der Waals surface area contributed by atoms with Gasteiger partial charge in [0.25, 0.3) is 0 Å². The first-order valence-electron chi connectivity index (χ1n) is 10.6. The van der Waals surface area contributed by atoms with Crippen LogP contribution in [0.2, 0.25) is 0 Å². The van der Waals surface area contributed by atoms with Crippen molar-refractivity contribution >= 4 is 21.8 Å². The molecule has 0 radical (unpaired) electrons. The summed E-state index contributed by atoms with van der Waals surface area (Å²) < 4.78 is 39.5. The number of carbonyl (C=O) groups excluding carboxylic acids is 1. The summed E-state index contributed by atoms with van der Waals surface area (Å²) in [4.78, 5) is 18.4. The summed E-state index contributed by atoms with van der Waals surface area (Å²) in [5, 5.41) is 3.25. The largest absolute Gasteiger partial charge is 0.368 e. The molecule has 32 heavy (non-hydrogen) atoms. The molecule has 0 spiro atoms. The highest BCUT2D eigenvalue weighted by molar-refractivity contribution is 7.89. The summed E-state index contributed by atoms with van der Waals surface area (Å²) in [6.07, 6.45) is 1.36. The molecule has 0 unspecified atom stereocenters. The molecule has 1 N–H and O–H groups in total. The number of hydrogen-bond donors (Lipinski definition) is 1. The predicted octanol–water partition coefficient (Wildman–Crippen LogP) is 2.28. The zero-order valence-corrected chi connectivity index (χ0v) is 19.2. The summed E-state index contributed by atoms with van der Waals surface area (Å²) in [7, 11) is -0.594. The molecule has 2 aromatic carbocycles. The summed E-state index contributed by atoms with van der Waals surface area (Å²) in [6.45, 7) is 2.43. The van der Waals surface area contributed by atoms with Crippen molar-refractivity contribution < 1.29 is 17.6 Å². The van der Waals surface area contributed by atoms with Gasteiger partial charge >= 0.3 is 0 Å². The number of amidine groups is 1. The van der Waals surface area contributed by atoms with E-state index in [1.54, 1.807) is 11.9 Å².